The van der Waals surface area contributed by atoms with E-state index in [1.807, 2.05) is 23.1 Å². The topological polar surface area (TPSA) is 29.3 Å². The highest BCUT2D eigenvalue weighted by molar-refractivity contribution is 7.99. The van der Waals surface area contributed by atoms with E-state index in [0.29, 0.717) is 12.1 Å². The minimum atomic E-state index is 0.506. The average molecular weight is 287 g/mol. The predicted molar refractivity (Wildman–Crippen MR) is 85.5 cm³/mol. The van der Waals surface area contributed by atoms with Crippen LogP contribution in [0.15, 0.2) is 17.5 Å². The monoisotopic (exact) mass is 286 g/mol. The van der Waals surface area contributed by atoms with Crippen molar-refractivity contribution in [3.8, 4) is 0 Å². The van der Waals surface area contributed by atoms with E-state index in [-0.39, 0.29) is 0 Å². The summed E-state index contributed by atoms with van der Waals surface area (Å²) in [5.74, 6) is 2.41. The highest BCUT2D eigenvalue weighted by Gasteiger charge is 2.20. The lowest BCUT2D eigenvalue weighted by atomic mass is 10.1. The van der Waals surface area contributed by atoms with Crippen LogP contribution in [0.3, 0.4) is 0 Å². The molecule has 0 aliphatic carbocycles. The number of rotatable bonds is 9. The number of thioether (sulfide) groups is 1. The number of hydrogen-bond acceptors (Lipinski definition) is 4. The first-order valence-corrected chi connectivity index (χ1v) is 8.78. The van der Waals surface area contributed by atoms with Crippen LogP contribution in [0.5, 0.6) is 0 Å². The molecule has 0 aliphatic heterocycles. The van der Waals surface area contributed by atoms with Crippen molar-refractivity contribution in [3.63, 3.8) is 0 Å². The molecule has 0 bridgehead atoms. The second-order valence-corrected chi connectivity index (χ2v) is 7.15. The Morgan fingerprint density at radius 1 is 1.44 bits per heavy atom. The molecule has 0 spiro atoms. The second kappa shape index (κ2) is 8.97. The fourth-order valence-electron chi connectivity index (χ4n) is 2.10. The van der Waals surface area contributed by atoms with Gasteiger partial charge in [-0.05, 0) is 43.2 Å². The van der Waals surface area contributed by atoms with Gasteiger partial charge in [-0.2, -0.15) is 11.8 Å². The maximum absolute atomic E-state index is 5.98. The lowest BCUT2D eigenvalue weighted by molar-refractivity contribution is 0.146. The molecule has 0 fully saturated rings. The van der Waals surface area contributed by atoms with Gasteiger partial charge in [0.15, 0.2) is 0 Å². The molecular formula is C14H26N2S2. The largest absolute Gasteiger partial charge is 0.329 e. The molecule has 1 rings (SSSR count). The van der Waals surface area contributed by atoms with Crippen molar-refractivity contribution in [1.29, 1.82) is 0 Å². The molecule has 0 saturated heterocycles. The van der Waals surface area contributed by atoms with Crippen LogP contribution in [0.4, 0.5) is 0 Å². The summed E-state index contributed by atoms with van der Waals surface area (Å²) in [6.45, 7) is 8.54. The molecule has 2 N–H and O–H groups in total. The Kier molecular flexibility index (Phi) is 7.98. The van der Waals surface area contributed by atoms with E-state index in [0.717, 1.165) is 13.1 Å². The molecule has 18 heavy (non-hydrogen) atoms. The van der Waals surface area contributed by atoms with Crippen LogP contribution in [-0.2, 0) is 6.54 Å². The maximum Gasteiger partial charge on any atom is 0.0334 e. The van der Waals surface area contributed by atoms with Gasteiger partial charge in [0.05, 0.1) is 0 Å². The Morgan fingerprint density at radius 3 is 2.72 bits per heavy atom. The van der Waals surface area contributed by atoms with E-state index in [4.69, 9.17) is 5.73 Å². The average Bonchev–Trinajstić information content (AvgIpc) is 2.85. The first-order valence-electron chi connectivity index (χ1n) is 6.75. The molecule has 0 aromatic carbocycles. The van der Waals surface area contributed by atoms with Gasteiger partial charge >= 0.3 is 0 Å². The van der Waals surface area contributed by atoms with Crippen molar-refractivity contribution >= 4 is 23.1 Å². The smallest absolute Gasteiger partial charge is 0.0334 e. The minimum absolute atomic E-state index is 0.506. The molecule has 104 valence electrons. The molecule has 2 nitrogen and oxygen atoms in total. The summed E-state index contributed by atoms with van der Waals surface area (Å²) in [7, 11) is 0. The lowest BCUT2D eigenvalue weighted by Crippen LogP contribution is -2.44. The number of hydrogen-bond donors (Lipinski definition) is 1. The Labute approximate surface area is 120 Å². The summed E-state index contributed by atoms with van der Waals surface area (Å²) in [5, 5.41) is 2.15. The van der Waals surface area contributed by atoms with Crippen molar-refractivity contribution in [2.24, 2.45) is 5.73 Å². The first kappa shape index (κ1) is 16.0. The van der Waals surface area contributed by atoms with Crippen molar-refractivity contribution in [2.45, 2.75) is 45.8 Å². The minimum Gasteiger partial charge on any atom is -0.329 e. The van der Waals surface area contributed by atoms with Gasteiger partial charge in [-0.3, -0.25) is 4.90 Å². The fraction of sp³-hybridized carbons (Fsp3) is 0.714. The molecule has 0 amide bonds. The van der Waals surface area contributed by atoms with Gasteiger partial charge in [-0.1, -0.05) is 13.0 Å². The third kappa shape index (κ3) is 5.31. The maximum atomic E-state index is 5.98. The highest BCUT2D eigenvalue weighted by atomic mass is 32.2. The third-order valence-electron chi connectivity index (χ3n) is 3.12. The predicted octanol–water partition coefficient (Wildman–Crippen LogP) is 3.43. The number of thiophene rings is 1. The SMILES string of the molecule is CCSCCC(CN)N(Cc1cccs1)C(C)C. The van der Waals surface area contributed by atoms with Gasteiger partial charge in [0.25, 0.3) is 0 Å². The summed E-state index contributed by atoms with van der Waals surface area (Å²) >= 11 is 3.85. The molecule has 1 aromatic heterocycles. The van der Waals surface area contributed by atoms with Gasteiger partial charge in [0, 0.05) is 30.1 Å². The lowest BCUT2D eigenvalue weighted by Gasteiger charge is -2.34. The second-order valence-electron chi connectivity index (χ2n) is 4.72. The van der Waals surface area contributed by atoms with E-state index in [9.17, 15) is 0 Å². The van der Waals surface area contributed by atoms with Gasteiger partial charge < -0.3 is 5.73 Å². The number of nitrogens with two attached hydrogens (primary N) is 1. The molecule has 1 unspecified atom stereocenters. The Balaban J connectivity index is 2.57. The fourth-order valence-corrected chi connectivity index (χ4v) is 3.54. The van der Waals surface area contributed by atoms with Crippen LogP contribution in [-0.4, -0.2) is 35.0 Å². The molecule has 0 aliphatic rings. The Bertz CT molecular complexity index is 299. The summed E-state index contributed by atoms with van der Waals surface area (Å²) in [6, 6.07) is 5.40. The molecule has 4 heteroatoms. The summed E-state index contributed by atoms with van der Waals surface area (Å²) in [5.41, 5.74) is 5.98. The van der Waals surface area contributed by atoms with Crippen molar-refractivity contribution in [3.05, 3.63) is 22.4 Å². The van der Waals surface area contributed by atoms with Crippen LogP contribution in [0.1, 0.15) is 32.1 Å². The molecular weight excluding hydrogens is 260 g/mol. The molecule has 1 heterocycles. The van der Waals surface area contributed by atoms with Crippen LogP contribution < -0.4 is 5.73 Å². The summed E-state index contributed by atoms with van der Waals surface area (Å²) < 4.78 is 0. The van der Waals surface area contributed by atoms with Gasteiger partial charge in [-0.15, -0.1) is 11.3 Å². The van der Waals surface area contributed by atoms with Gasteiger partial charge in [0.1, 0.15) is 0 Å². The van der Waals surface area contributed by atoms with E-state index in [1.54, 1.807) is 0 Å². The van der Waals surface area contributed by atoms with Crippen molar-refractivity contribution in [2.75, 3.05) is 18.1 Å². The van der Waals surface area contributed by atoms with E-state index in [1.165, 1.54) is 22.8 Å². The molecule has 1 atom stereocenters. The van der Waals surface area contributed by atoms with Crippen LogP contribution in [0.25, 0.3) is 0 Å². The van der Waals surface area contributed by atoms with Crippen LogP contribution in [0.2, 0.25) is 0 Å². The van der Waals surface area contributed by atoms with Crippen LogP contribution in [0, 0.1) is 0 Å². The zero-order valence-corrected chi connectivity index (χ0v) is 13.4. The van der Waals surface area contributed by atoms with E-state index < -0.39 is 0 Å². The third-order valence-corrected chi connectivity index (χ3v) is 4.92. The standard InChI is InChI=1S/C14H26N2S2/c1-4-17-9-7-13(10-15)16(12(2)3)11-14-6-5-8-18-14/h5-6,8,12-13H,4,7,9-11,15H2,1-3H3. The van der Waals surface area contributed by atoms with Crippen LogP contribution >= 0.6 is 23.1 Å². The zero-order chi connectivity index (χ0) is 13.4. The quantitative estimate of drug-likeness (QED) is 0.705. The molecule has 0 radical (unpaired) electrons. The van der Waals surface area contributed by atoms with E-state index >= 15 is 0 Å². The first-order chi connectivity index (χ1) is 8.69. The Hall–Kier alpha value is -0.0300. The van der Waals surface area contributed by atoms with Crippen molar-refractivity contribution in [1.82, 2.24) is 4.90 Å². The Morgan fingerprint density at radius 2 is 2.22 bits per heavy atom. The molecule has 1 aromatic rings. The van der Waals surface area contributed by atoms with Crippen molar-refractivity contribution < 1.29 is 0 Å². The summed E-state index contributed by atoms with van der Waals surface area (Å²) in [6.07, 6.45) is 1.19. The van der Waals surface area contributed by atoms with Gasteiger partial charge in [0.2, 0.25) is 0 Å². The highest BCUT2D eigenvalue weighted by Crippen LogP contribution is 2.18. The number of nitrogens with zero attached hydrogens (tertiary/aromatic N) is 1. The zero-order valence-electron chi connectivity index (χ0n) is 11.8. The van der Waals surface area contributed by atoms with Gasteiger partial charge in [-0.25, -0.2) is 0 Å². The summed E-state index contributed by atoms with van der Waals surface area (Å²) in [4.78, 5) is 3.98. The van der Waals surface area contributed by atoms with E-state index in [2.05, 4.69) is 43.2 Å². The normalized spacial score (nSPS) is 13.4. The molecule has 0 saturated carbocycles.